The Kier molecular flexibility index (Phi) is 4.23. The number of hydrogen-bond acceptors (Lipinski definition) is 2. The first kappa shape index (κ1) is 13.6. The normalized spacial score (nSPS) is 12.5. The average molecular weight is 255 g/mol. The van der Waals surface area contributed by atoms with Crippen molar-refractivity contribution in [2.45, 2.75) is 32.7 Å². The fraction of sp³-hybridized carbons (Fsp3) is 0.294. The summed E-state index contributed by atoms with van der Waals surface area (Å²) in [6, 6.07) is 16.2. The molecule has 0 aromatic heterocycles. The Morgan fingerprint density at radius 3 is 2.11 bits per heavy atom. The van der Waals surface area contributed by atoms with E-state index in [1.54, 1.807) is 0 Å². The molecule has 1 atom stereocenters. The Balaban J connectivity index is 2.21. The molecule has 0 radical (unpaired) electrons. The maximum atomic E-state index is 5.96. The highest BCUT2D eigenvalue weighted by Gasteiger charge is 2.08. The van der Waals surface area contributed by atoms with Crippen molar-refractivity contribution in [1.29, 1.82) is 0 Å². The smallest absolute Gasteiger partial charge is 0.130 e. The van der Waals surface area contributed by atoms with E-state index in [2.05, 4.69) is 19.9 Å². The van der Waals surface area contributed by atoms with E-state index in [4.69, 9.17) is 10.5 Å². The van der Waals surface area contributed by atoms with Gasteiger partial charge in [0.2, 0.25) is 0 Å². The Morgan fingerprint density at radius 1 is 0.895 bits per heavy atom. The molecule has 0 aliphatic carbocycles. The number of nitrogens with two attached hydrogens (primary N) is 1. The second-order valence-electron chi connectivity index (χ2n) is 5.15. The SMILES string of the molecule is CC(C)c1ccccc1Oc1ccc([C@@H](C)N)cc1. The van der Waals surface area contributed by atoms with Gasteiger partial charge in [0.15, 0.2) is 0 Å². The summed E-state index contributed by atoms with van der Waals surface area (Å²) in [4.78, 5) is 0. The highest BCUT2D eigenvalue weighted by atomic mass is 16.5. The van der Waals surface area contributed by atoms with Crippen molar-refractivity contribution in [3.63, 3.8) is 0 Å². The zero-order valence-corrected chi connectivity index (χ0v) is 11.8. The summed E-state index contributed by atoms with van der Waals surface area (Å²) in [5.74, 6) is 2.21. The Labute approximate surface area is 115 Å². The predicted octanol–water partition coefficient (Wildman–Crippen LogP) is 4.62. The molecule has 19 heavy (non-hydrogen) atoms. The third-order valence-electron chi connectivity index (χ3n) is 3.17. The van der Waals surface area contributed by atoms with E-state index in [0.717, 1.165) is 17.1 Å². The van der Waals surface area contributed by atoms with Crippen LogP contribution in [0.15, 0.2) is 48.5 Å². The predicted molar refractivity (Wildman–Crippen MR) is 79.6 cm³/mol. The van der Waals surface area contributed by atoms with Gasteiger partial charge < -0.3 is 10.5 Å². The molecule has 2 rings (SSSR count). The molecule has 0 aliphatic rings. The molecule has 0 saturated heterocycles. The molecule has 0 amide bonds. The van der Waals surface area contributed by atoms with E-state index in [9.17, 15) is 0 Å². The van der Waals surface area contributed by atoms with E-state index in [0.29, 0.717) is 5.92 Å². The van der Waals surface area contributed by atoms with Crippen LogP contribution < -0.4 is 10.5 Å². The standard InChI is InChI=1S/C17H21NO/c1-12(2)16-6-4-5-7-17(16)19-15-10-8-14(9-11-15)13(3)18/h4-13H,18H2,1-3H3/t13-/m1/s1. The van der Waals surface area contributed by atoms with Crippen molar-refractivity contribution >= 4 is 0 Å². The van der Waals surface area contributed by atoms with Gasteiger partial charge in [0.05, 0.1) is 0 Å². The van der Waals surface area contributed by atoms with Crippen LogP contribution in [0.2, 0.25) is 0 Å². The fourth-order valence-corrected chi connectivity index (χ4v) is 2.02. The summed E-state index contributed by atoms with van der Waals surface area (Å²) >= 11 is 0. The highest BCUT2D eigenvalue weighted by Crippen LogP contribution is 2.30. The summed E-state index contributed by atoms with van der Waals surface area (Å²) in [7, 11) is 0. The van der Waals surface area contributed by atoms with Crippen molar-refractivity contribution in [2.75, 3.05) is 0 Å². The van der Waals surface area contributed by atoms with Crippen molar-refractivity contribution in [3.05, 3.63) is 59.7 Å². The maximum absolute atomic E-state index is 5.96. The van der Waals surface area contributed by atoms with Crippen LogP contribution in [0.25, 0.3) is 0 Å². The number of hydrogen-bond donors (Lipinski definition) is 1. The topological polar surface area (TPSA) is 35.2 Å². The zero-order chi connectivity index (χ0) is 13.8. The molecular weight excluding hydrogens is 234 g/mol. The fourth-order valence-electron chi connectivity index (χ4n) is 2.02. The van der Waals surface area contributed by atoms with Crippen LogP contribution in [0.1, 0.15) is 43.9 Å². The van der Waals surface area contributed by atoms with Crippen LogP contribution in [-0.2, 0) is 0 Å². The summed E-state index contributed by atoms with van der Waals surface area (Å²) < 4.78 is 5.96. The molecule has 0 aliphatic heterocycles. The summed E-state index contributed by atoms with van der Waals surface area (Å²) in [5.41, 5.74) is 8.18. The van der Waals surface area contributed by atoms with Crippen molar-refractivity contribution in [3.8, 4) is 11.5 Å². The summed E-state index contributed by atoms with van der Waals surface area (Å²) in [5, 5.41) is 0. The molecule has 0 bridgehead atoms. The van der Waals surface area contributed by atoms with E-state index < -0.39 is 0 Å². The monoisotopic (exact) mass is 255 g/mol. The first-order valence-electron chi connectivity index (χ1n) is 6.70. The molecule has 2 N–H and O–H groups in total. The molecule has 2 aromatic carbocycles. The molecule has 0 saturated carbocycles. The van der Waals surface area contributed by atoms with Gasteiger partial charge in [-0.05, 0) is 42.2 Å². The van der Waals surface area contributed by atoms with Crippen molar-refractivity contribution in [1.82, 2.24) is 0 Å². The molecule has 100 valence electrons. The van der Waals surface area contributed by atoms with Gasteiger partial charge in [-0.1, -0.05) is 44.2 Å². The van der Waals surface area contributed by atoms with Gasteiger partial charge >= 0.3 is 0 Å². The van der Waals surface area contributed by atoms with Gasteiger partial charge in [-0.2, -0.15) is 0 Å². The van der Waals surface area contributed by atoms with E-state index >= 15 is 0 Å². The molecule has 2 nitrogen and oxygen atoms in total. The number of rotatable bonds is 4. The minimum Gasteiger partial charge on any atom is -0.457 e. The summed E-state index contributed by atoms with van der Waals surface area (Å²) in [6.07, 6.45) is 0. The van der Waals surface area contributed by atoms with Crippen molar-refractivity contribution in [2.24, 2.45) is 5.73 Å². The van der Waals surface area contributed by atoms with Gasteiger partial charge in [0.1, 0.15) is 11.5 Å². The zero-order valence-electron chi connectivity index (χ0n) is 11.8. The minimum atomic E-state index is 0.0528. The lowest BCUT2D eigenvalue weighted by atomic mass is 10.0. The van der Waals surface area contributed by atoms with Gasteiger partial charge in [-0.15, -0.1) is 0 Å². The van der Waals surface area contributed by atoms with E-state index in [-0.39, 0.29) is 6.04 Å². The van der Waals surface area contributed by atoms with Gasteiger partial charge in [-0.25, -0.2) is 0 Å². The molecule has 2 heteroatoms. The molecule has 2 aromatic rings. The van der Waals surface area contributed by atoms with Gasteiger partial charge in [0, 0.05) is 6.04 Å². The van der Waals surface area contributed by atoms with Crippen LogP contribution in [0.5, 0.6) is 11.5 Å². The van der Waals surface area contributed by atoms with Gasteiger partial charge in [0.25, 0.3) is 0 Å². The number of ether oxygens (including phenoxy) is 1. The lowest BCUT2D eigenvalue weighted by molar-refractivity contribution is 0.473. The van der Waals surface area contributed by atoms with Gasteiger partial charge in [-0.3, -0.25) is 0 Å². The summed E-state index contributed by atoms with van der Waals surface area (Å²) in [6.45, 7) is 6.31. The Morgan fingerprint density at radius 2 is 1.53 bits per heavy atom. The molecule has 0 spiro atoms. The lowest BCUT2D eigenvalue weighted by Crippen LogP contribution is -2.04. The van der Waals surface area contributed by atoms with Crippen LogP contribution in [-0.4, -0.2) is 0 Å². The largest absolute Gasteiger partial charge is 0.457 e. The minimum absolute atomic E-state index is 0.0528. The number of para-hydroxylation sites is 1. The van der Waals surface area contributed by atoms with Crippen LogP contribution >= 0.6 is 0 Å². The Bertz CT molecular complexity index is 529. The first-order chi connectivity index (χ1) is 9.08. The maximum Gasteiger partial charge on any atom is 0.130 e. The second kappa shape index (κ2) is 5.89. The molecule has 0 heterocycles. The average Bonchev–Trinajstić information content (AvgIpc) is 2.39. The quantitative estimate of drug-likeness (QED) is 0.865. The van der Waals surface area contributed by atoms with Crippen LogP contribution in [0.3, 0.4) is 0 Å². The second-order valence-corrected chi connectivity index (χ2v) is 5.15. The molecule has 0 fully saturated rings. The van der Waals surface area contributed by atoms with E-state index in [1.807, 2.05) is 49.4 Å². The number of benzene rings is 2. The van der Waals surface area contributed by atoms with E-state index in [1.165, 1.54) is 5.56 Å². The van der Waals surface area contributed by atoms with Crippen LogP contribution in [0.4, 0.5) is 0 Å². The third-order valence-corrected chi connectivity index (χ3v) is 3.17. The third kappa shape index (κ3) is 3.36. The van der Waals surface area contributed by atoms with Crippen molar-refractivity contribution < 1.29 is 4.74 Å². The van der Waals surface area contributed by atoms with Crippen LogP contribution in [0, 0.1) is 0 Å². The molecule has 0 unspecified atom stereocenters. The lowest BCUT2D eigenvalue weighted by Gasteiger charge is -2.14. The first-order valence-corrected chi connectivity index (χ1v) is 6.70. The molecular formula is C17H21NO. The Hall–Kier alpha value is -1.80. The highest BCUT2D eigenvalue weighted by molar-refractivity contribution is 5.40.